The Morgan fingerprint density at radius 3 is 2.55 bits per heavy atom. The van der Waals surface area contributed by atoms with Crippen LogP contribution in [0.3, 0.4) is 0 Å². The molecule has 0 aliphatic heterocycles. The van der Waals surface area contributed by atoms with Gasteiger partial charge < -0.3 is 10.3 Å². The molecule has 2 N–H and O–H groups in total. The summed E-state index contributed by atoms with van der Waals surface area (Å²) in [7, 11) is 0. The molecule has 0 atom stereocenters. The number of imidazole rings is 1. The number of aromatic nitrogens is 2. The molecule has 6 heteroatoms. The molecule has 2 aromatic rings. The molecule has 0 bridgehead atoms. The van der Waals surface area contributed by atoms with Gasteiger partial charge in [0.05, 0.1) is 11.0 Å². The molecule has 0 fully saturated rings. The smallest absolute Gasteiger partial charge is 0.327 e. The number of hydrogen-bond donors (Lipinski definition) is 1. The second-order valence-electron chi connectivity index (χ2n) is 5.35. The molecule has 0 spiro atoms. The Bertz CT molecular complexity index is 599. The summed E-state index contributed by atoms with van der Waals surface area (Å²) >= 11 is 0. The van der Waals surface area contributed by atoms with Gasteiger partial charge >= 0.3 is 6.18 Å². The van der Waals surface area contributed by atoms with E-state index in [-0.39, 0.29) is 11.7 Å². The minimum Gasteiger partial charge on any atom is -0.327 e. The predicted octanol–water partition coefficient (Wildman–Crippen LogP) is 3.26. The highest BCUT2D eigenvalue weighted by Crippen LogP contribution is 2.25. The molecule has 110 valence electrons. The van der Waals surface area contributed by atoms with Gasteiger partial charge in [-0.2, -0.15) is 13.2 Å². The maximum atomic E-state index is 12.7. The Labute approximate surface area is 115 Å². The van der Waals surface area contributed by atoms with Crippen molar-refractivity contribution in [2.45, 2.75) is 39.5 Å². The second-order valence-corrected chi connectivity index (χ2v) is 5.35. The molecule has 1 aromatic heterocycles. The van der Waals surface area contributed by atoms with Crippen molar-refractivity contribution >= 4 is 11.0 Å². The highest BCUT2D eigenvalue weighted by atomic mass is 19.4. The molecule has 0 aliphatic rings. The van der Waals surface area contributed by atoms with Crippen molar-refractivity contribution in [3.05, 3.63) is 29.6 Å². The normalized spacial score (nSPS) is 12.6. The average molecular weight is 285 g/mol. The van der Waals surface area contributed by atoms with E-state index in [1.165, 1.54) is 0 Å². The van der Waals surface area contributed by atoms with Crippen LogP contribution in [0.25, 0.3) is 11.0 Å². The van der Waals surface area contributed by atoms with E-state index in [1.807, 2.05) is 19.9 Å². The first-order valence-electron chi connectivity index (χ1n) is 6.55. The zero-order chi connectivity index (χ0) is 14.9. The lowest BCUT2D eigenvalue weighted by molar-refractivity contribution is -0.128. The van der Waals surface area contributed by atoms with Crippen LogP contribution in [0, 0.1) is 5.92 Å². The molecule has 2 rings (SSSR count). The van der Waals surface area contributed by atoms with Gasteiger partial charge in [0.15, 0.2) is 0 Å². The summed E-state index contributed by atoms with van der Waals surface area (Å²) in [6.07, 6.45) is -5.26. The molecule has 0 amide bonds. The van der Waals surface area contributed by atoms with Crippen molar-refractivity contribution in [1.82, 2.24) is 9.55 Å². The second kappa shape index (κ2) is 5.44. The number of hydrogen-bond acceptors (Lipinski definition) is 2. The van der Waals surface area contributed by atoms with Crippen LogP contribution >= 0.6 is 0 Å². The molecule has 0 unspecified atom stereocenters. The quantitative estimate of drug-likeness (QED) is 0.937. The van der Waals surface area contributed by atoms with Gasteiger partial charge in [-0.05, 0) is 23.6 Å². The van der Waals surface area contributed by atoms with Gasteiger partial charge in [-0.3, -0.25) is 0 Å². The van der Waals surface area contributed by atoms with Gasteiger partial charge in [0.1, 0.15) is 12.2 Å². The third-order valence-electron chi connectivity index (χ3n) is 3.03. The van der Waals surface area contributed by atoms with E-state index in [0.29, 0.717) is 18.6 Å². The number of alkyl halides is 3. The first-order valence-corrected chi connectivity index (χ1v) is 6.55. The predicted molar refractivity (Wildman–Crippen MR) is 72.2 cm³/mol. The fourth-order valence-electron chi connectivity index (χ4n) is 2.24. The van der Waals surface area contributed by atoms with Crippen molar-refractivity contribution in [2.75, 3.05) is 0 Å². The Morgan fingerprint density at radius 2 is 2.00 bits per heavy atom. The van der Waals surface area contributed by atoms with Crippen molar-refractivity contribution < 1.29 is 13.2 Å². The standard InChI is InChI=1S/C14H18F3N3/c1-9(2)8-20-12-4-3-10(7-18)5-11(12)19-13(20)6-14(15,16)17/h3-5,9H,6-8,18H2,1-2H3. The molecule has 0 radical (unpaired) electrons. The van der Waals surface area contributed by atoms with E-state index in [4.69, 9.17) is 5.73 Å². The molecule has 1 heterocycles. The number of nitrogens with zero attached hydrogens (tertiary/aromatic N) is 2. The van der Waals surface area contributed by atoms with Crippen LogP contribution in [-0.2, 0) is 19.5 Å². The summed E-state index contributed by atoms with van der Waals surface area (Å²) in [6.45, 7) is 4.81. The summed E-state index contributed by atoms with van der Waals surface area (Å²) in [4.78, 5) is 4.15. The molecule has 0 saturated heterocycles. The Balaban J connectivity index is 2.53. The molecule has 0 aliphatic carbocycles. The SMILES string of the molecule is CC(C)Cn1c(CC(F)(F)F)nc2cc(CN)ccc21. The van der Waals surface area contributed by atoms with Crippen LogP contribution in [0.2, 0.25) is 0 Å². The largest absolute Gasteiger partial charge is 0.396 e. The Kier molecular flexibility index (Phi) is 4.04. The third kappa shape index (κ3) is 3.30. The van der Waals surface area contributed by atoms with Gasteiger partial charge in [-0.15, -0.1) is 0 Å². The zero-order valence-corrected chi connectivity index (χ0v) is 11.5. The van der Waals surface area contributed by atoms with Gasteiger partial charge in [0.25, 0.3) is 0 Å². The Morgan fingerprint density at radius 1 is 1.30 bits per heavy atom. The molecule has 20 heavy (non-hydrogen) atoms. The van der Waals surface area contributed by atoms with Crippen LogP contribution < -0.4 is 5.73 Å². The summed E-state index contributed by atoms with van der Waals surface area (Å²) < 4.78 is 39.6. The van der Waals surface area contributed by atoms with Crippen molar-refractivity contribution in [3.63, 3.8) is 0 Å². The van der Waals surface area contributed by atoms with Gasteiger partial charge in [-0.1, -0.05) is 19.9 Å². The van der Waals surface area contributed by atoms with Crippen LogP contribution in [0.15, 0.2) is 18.2 Å². The number of fused-ring (bicyclic) bond motifs is 1. The molecular weight excluding hydrogens is 267 g/mol. The lowest BCUT2D eigenvalue weighted by Crippen LogP contribution is -2.17. The van der Waals surface area contributed by atoms with E-state index >= 15 is 0 Å². The summed E-state index contributed by atoms with van der Waals surface area (Å²) in [5, 5.41) is 0. The topological polar surface area (TPSA) is 43.8 Å². The number of nitrogens with two attached hydrogens (primary N) is 1. The first kappa shape index (κ1) is 14.8. The van der Waals surface area contributed by atoms with E-state index in [0.717, 1.165) is 11.1 Å². The van der Waals surface area contributed by atoms with Crippen LogP contribution in [0.5, 0.6) is 0 Å². The Hall–Kier alpha value is -1.56. The van der Waals surface area contributed by atoms with Crippen molar-refractivity contribution in [1.29, 1.82) is 0 Å². The van der Waals surface area contributed by atoms with E-state index in [1.54, 1.807) is 16.7 Å². The summed E-state index contributed by atoms with van der Waals surface area (Å²) in [6, 6.07) is 5.39. The van der Waals surface area contributed by atoms with Crippen LogP contribution in [-0.4, -0.2) is 15.7 Å². The van der Waals surface area contributed by atoms with Crippen molar-refractivity contribution in [3.8, 4) is 0 Å². The molecule has 0 saturated carbocycles. The van der Waals surface area contributed by atoms with Gasteiger partial charge in [-0.25, -0.2) is 4.98 Å². The van der Waals surface area contributed by atoms with E-state index < -0.39 is 12.6 Å². The monoisotopic (exact) mass is 285 g/mol. The van der Waals surface area contributed by atoms with Crippen molar-refractivity contribution in [2.24, 2.45) is 11.7 Å². The fourth-order valence-corrected chi connectivity index (χ4v) is 2.24. The molecular formula is C14H18F3N3. The maximum Gasteiger partial charge on any atom is 0.396 e. The first-order chi connectivity index (χ1) is 9.30. The van der Waals surface area contributed by atoms with E-state index in [2.05, 4.69) is 4.98 Å². The maximum absolute atomic E-state index is 12.7. The minimum atomic E-state index is -4.26. The van der Waals surface area contributed by atoms with Crippen LogP contribution in [0.1, 0.15) is 25.2 Å². The number of halogens is 3. The fraction of sp³-hybridized carbons (Fsp3) is 0.500. The highest BCUT2D eigenvalue weighted by molar-refractivity contribution is 5.77. The summed E-state index contributed by atoms with van der Waals surface area (Å²) in [5.74, 6) is 0.309. The lowest BCUT2D eigenvalue weighted by Gasteiger charge is -2.13. The van der Waals surface area contributed by atoms with Gasteiger partial charge in [0, 0.05) is 13.1 Å². The highest BCUT2D eigenvalue weighted by Gasteiger charge is 2.31. The molecule has 3 nitrogen and oxygen atoms in total. The average Bonchev–Trinajstić information content (AvgIpc) is 2.63. The minimum absolute atomic E-state index is 0.0652. The number of benzene rings is 1. The molecule has 1 aromatic carbocycles. The lowest BCUT2D eigenvalue weighted by atomic mass is 10.2. The van der Waals surface area contributed by atoms with Crippen LogP contribution in [0.4, 0.5) is 13.2 Å². The third-order valence-corrected chi connectivity index (χ3v) is 3.03. The zero-order valence-electron chi connectivity index (χ0n) is 11.5. The number of rotatable bonds is 4. The summed E-state index contributed by atoms with van der Waals surface area (Å²) in [5.41, 5.74) is 7.73. The van der Waals surface area contributed by atoms with Gasteiger partial charge in [0.2, 0.25) is 0 Å². The van der Waals surface area contributed by atoms with E-state index in [9.17, 15) is 13.2 Å².